The Morgan fingerprint density at radius 2 is 2.03 bits per heavy atom. The average molecular weight is 452 g/mol. The SMILES string of the molecule is C=C(OCC)c1ccc(NC(=O)[C@H]2CC(=O)Nc3nc(N4CCCC[C@@H]4C)[nH]c(=O)c32)cc1. The molecule has 4 rings (SSSR count). The van der Waals surface area contributed by atoms with E-state index in [0.717, 1.165) is 31.4 Å². The smallest absolute Gasteiger partial charge is 0.258 e. The summed E-state index contributed by atoms with van der Waals surface area (Å²) in [5, 5.41) is 5.48. The summed E-state index contributed by atoms with van der Waals surface area (Å²) in [4.78, 5) is 47.8. The first-order chi connectivity index (χ1) is 15.9. The molecular formula is C24H29N5O4. The van der Waals surface area contributed by atoms with E-state index in [9.17, 15) is 14.4 Å². The van der Waals surface area contributed by atoms with Gasteiger partial charge in [0.05, 0.1) is 18.1 Å². The molecule has 1 aromatic heterocycles. The number of benzene rings is 1. The van der Waals surface area contributed by atoms with Crippen molar-refractivity contribution in [3.8, 4) is 0 Å². The summed E-state index contributed by atoms with van der Waals surface area (Å²) in [6.45, 7) is 9.13. The first-order valence-corrected chi connectivity index (χ1v) is 11.3. The van der Waals surface area contributed by atoms with Crippen LogP contribution in [0, 0.1) is 0 Å². The van der Waals surface area contributed by atoms with Crippen LogP contribution in [0.5, 0.6) is 0 Å². The second-order valence-corrected chi connectivity index (χ2v) is 8.42. The number of rotatable bonds is 6. The number of hydrogen-bond donors (Lipinski definition) is 3. The fraction of sp³-hybridized carbons (Fsp3) is 0.417. The Bertz CT molecular complexity index is 1120. The van der Waals surface area contributed by atoms with Gasteiger partial charge in [-0.05, 0) is 57.4 Å². The Hall–Kier alpha value is -3.62. The maximum Gasteiger partial charge on any atom is 0.258 e. The number of ether oxygens (including phenoxy) is 1. The zero-order valence-corrected chi connectivity index (χ0v) is 18.9. The van der Waals surface area contributed by atoms with Crippen LogP contribution in [0.3, 0.4) is 0 Å². The van der Waals surface area contributed by atoms with Gasteiger partial charge < -0.3 is 20.3 Å². The summed E-state index contributed by atoms with van der Waals surface area (Å²) >= 11 is 0. The van der Waals surface area contributed by atoms with Crippen LogP contribution in [0.2, 0.25) is 0 Å². The lowest BCUT2D eigenvalue weighted by Gasteiger charge is -2.34. The number of hydrogen-bond acceptors (Lipinski definition) is 6. The fourth-order valence-electron chi connectivity index (χ4n) is 4.36. The van der Waals surface area contributed by atoms with Crippen LogP contribution in [-0.4, -0.2) is 41.0 Å². The maximum atomic E-state index is 13.1. The van der Waals surface area contributed by atoms with Gasteiger partial charge in [-0.1, -0.05) is 6.58 Å². The van der Waals surface area contributed by atoms with Gasteiger partial charge in [0.25, 0.3) is 5.56 Å². The van der Waals surface area contributed by atoms with Gasteiger partial charge in [0, 0.05) is 30.3 Å². The number of anilines is 3. The molecule has 174 valence electrons. The summed E-state index contributed by atoms with van der Waals surface area (Å²) in [7, 11) is 0. The quantitative estimate of drug-likeness (QED) is 0.581. The molecule has 0 bridgehead atoms. The predicted octanol–water partition coefficient (Wildman–Crippen LogP) is 3.22. The largest absolute Gasteiger partial charge is 0.494 e. The Labute approximate surface area is 192 Å². The molecule has 1 saturated heterocycles. The van der Waals surface area contributed by atoms with E-state index in [4.69, 9.17) is 4.74 Å². The van der Waals surface area contributed by atoms with Crippen molar-refractivity contribution in [3.63, 3.8) is 0 Å². The van der Waals surface area contributed by atoms with Gasteiger partial charge in [-0.25, -0.2) is 0 Å². The zero-order chi connectivity index (χ0) is 23.5. The molecule has 2 atom stereocenters. The first-order valence-electron chi connectivity index (χ1n) is 11.3. The fourth-order valence-corrected chi connectivity index (χ4v) is 4.36. The Morgan fingerprint density at radius 1 is 1.27 bits per heavy atom. The van der Waals surface area contributed by atoms with Crippen molar-refractivity contribution in [3.05, 3.63) is 52.3 Å². The van der Waals surface area contributed by atoms with E-state index in [-0.39, 0.29) is 29.8 Å². The molecule has 2 aliphatic heterocycles. The topological polar surface area (TPSA) is 116 Å². The van der Waals surface area contributed by atoms with Crippen LogP contribution < -0.4 is 21.1 Å². The average Bonchev–Trinajstić information content (AvgIpc) is 2.79. The molecule has 1 aromatic carbocycles. The molecule has 2 aromatic rings. The highest BCUT2D eigenvalue weighted by atomic mass is 16.5. The molecule has 33 heavy (non-hydrogen) atoms. The van der Waals surface area contributed by atoms with Crippen molar-refractivity contribution in [1.82, 2.24) is 9.97 Å². The zero-order valence-electron chi connectivity index (χ0n) is 18.9. The minimum atomic E-state index is -0.934. The van der Waals surface area contributed by atoms with Gasteiger partial charge >= 0.3 is 0 Å². The normalized spacial score (nSPS) is 19.9. The number of amides is 2. The van der Waals surface area contributed by atoms with Crippen LogP contribution in [-0.2, 0) is 14.3 Å². The summed E-state index contributed by atoms with van der Waals surface area (Å²) < 4.78 is 5.39. The van der Waals surface area contributed by atoms with Crippen molar-refractivity contribution in [1.29, 1.82) is 0 Å². The molecule has 2 aliphatic rings. The van der Waals surface area contributed by atoms with Gasteiger partial charge in [0.1, 0.15) is 11.6 Å². The van der Waals surface area contributed by atoms with E-state index in [0.29, 0.717) is 24.0 Å². The number of aromatic amines is 1. The molecule has 9 heteroatoms. The highest BCUT2D eigenvalue weighted by Gasteiger charge is 2.35. The highest BCUT2D eigenvalue weighted by Crippen LogP contribution is 2.31. The number of carbonyl (C=O) groups excluding carboxylic acids is 2. The lowest BCUT2D eigenvalue weighted by atomic mass is 9.92. The minimum absolute atomic E-state index is 0.123. The minimum Gasteiger partial charge on any atom is -0.494 e. The van der Waals surface area contributed by atoms with Crippen LogP contribution in [0.25, 0.3) is 5.76 Å². The van der Waals surface area contributed by atoms with Gasteiger partial charge in [0.15, 0.2) is 0 Å². The molecule has 0 spiro atoms. The van der Waals surface area contributed by atoms with Crippen LogP contribution >= 0.6 is 0 Å². The molecule has 3 N–H and O–H groups in total. The van der Waals surface area contributed by atoms with Crippen LogP contribution in [0.15, 0.2) is 35.6 Å². The second-order valence-electron chi connectivity index (χ2n) is 8.42. The number of carbonyl (C=O) groups is 2. The first kappa shape index (κ1) is 22.6. The van der Waals surface area contributed by atoms with Crippen LogP contribution in [0.1, 0.15) is 56.6 Å². The van der Waals surface area contributed by atoms with E-state index in [1.165, 1.54) is 0 Å². The Morgan fingerprint density at radius 3 is 2.73 bits per heavy atom. The van der Waals surface area contributed by atoms with Crippen molar-refractivity contribution in [2.45, 2.75) is 51.5 Å². The summed E-state index contributed by atoms with van der Waals surface area (Å²) in [6, 6.07) is 7.26. The number of nitrogens with one attached hydrogen (secondary N) is 3. The number of nitrogens with zero attached hydrogens (tertiary/aromatic N) is 2. The maximum absolute atomic E-state index is 13.1. The molecule has 9 nitrogen and oxygen atoms in total. The molecule has 2 amide bonds. The molecule has 0 saturated carbocycles. The van der Waals surface area contributed by atoms with E-state index >= 15 is 0 Å². The molecule has 0 radical (unpaired) electrons. The third kappa shape index (κ3) is 4.76. The Balaban J connectivity index is 1.57. The summed E-state index contributed by atoms with van der Waals surface area (Å²) in [6.07, 6.45) is 3.03. The molecule has 0 unspecified atom stereocenters. The van der Waals surface area contributed by atoms with Crippen molar-refractivity contribution in [2.75, 3.05) is 28.7 Å². The lowest BCUT2D eigenvalue weighted by molar-refractivity contribution is -0.123. The number of fused-ring (bicyclic) bond motifs is 1. The van der Waals surface area contributed by atoms with E-state index < -0.39 is 17.4 Å². The van der Waals surface area contributed by atoms with Crippen molar-refractivity contribution >= 4 is 35.0 Å². The number of H-pyrrole nitrogens is 1. The molecule has 3 heterocycles. The molecule has 0 aliphatic carbocycles. The van der Waals surface area contributed by atoms with E-state index in [2.05, 4.69) is 34.1 Å². The molecule has 1 fully saturated rings. The number of piperidine rings is 1. The van der Waals surface area contributed by atoms with Gasteiger partial charge in [-0.3, -0.25) is 19.4 Å². The van der Waals surface area contributed by atoms with Gasteiger partial charge in [-0.15, -0.1) is 0 Å². The standard InChI is InChI=1S/C24H29N5O4/c1-4-33-15(3)16-8-10-17(11-9-16)25-22(31)18-13-19(30)26-21-20(18)23(32)28-24(27-21)29-12-6-5-7-14(29)2/h8-11,14,18H,3-7,12-13H2,1-2H3,(H,25,31)(H2,26,27,28,30,32)/t14-,18-/m0/s1. The predicted molar refractivity (Wildman–Crippen MR) is 127 cm³/mol. The number of aromatic nitrogens is 2. The molecular weight excluding hydrogens is 422 g/mol. The van der Waals surface area contributed by atoms with Crippen molar-refractivity contribution in [2.24, 2.45) is 0 Å². The van der Waals surface area contributed by atoms with Gasteiger partial charge in [0.2, 0.25) is 17.8 Å². The van der Waals surface area contributed by atoms with E-state index in [1.54, 1.807) is 24.3 Å². The second kappa shape index (κ2) is 9.48. The summed E-state index contributed by atoms with van der Waals surface area (Å²) in [5.41, 5.74) is 1.12. The van der Waals surface area contributed by atoms with Crippen molar-refractivity contribution < 1.29 is 14.3 Å². The highest BCUT2D eigenvalue weighted by molar-refractivity contribution is 6.04. The Kier molecular flexibility index (Phi) is 6.48. The van der Waals surface area contributed by atoms with E-state index in [1.807, 2.05) is 11.8 Å². The van der Waals surface area contributed by atoms with Crippen LogP contribution in [0.4, 0.5) is 17.5 Å². The lowest BCUT2D eigenvalue weighted by Crippen LogP contribution is -2.41. The third-order valence-electron chi connectivity index (χ3n) is 6.12. The van der Waals surface area contributed by atoms with Gasteiger partial charge in [-0.2, -0.15) is 4.98 Å². The monoisotopic (exact) mass is 451 g/mol. The third-order valence-corrected chi connectivity index (χ3v) is 6.12. The summed E-state index contributed by atoms with van der Waals surface area (Å²) in [5.74, 6) is -0.583.